The van der Waals surface area contributed by atoms with Crippen LogP contribution in [0, 0.1) is 11.8 Å². The summed E-state index contributed by atoms with van der Waals surface area (Å²) in [5.74, 6) is 1.89. The number of piperidine rings is 2. The van der Waals surface area contributed by atoms with E-state index >= 15 is 0 Å². The Kier molecular flexibility index (Phi) is 10.4. The predicted octanol–water partition coefficient (Wildman–Crippen LogP) is 6.47. The Bertz CT molecular complexity index is 394. The summed E-state index contributed by atoms with van der Waals surface area (Å²) in [4.78, 5) is 0. The third-order valence-electron chi connectivity index (χ3n) is 7.40. The summed E-state index contributed by atoms with van der Waals surface area (Å²) in [5, 5.41) is 5.04. The van der Waals surface area contributed by atoms with E-state index in [1.807, 2.05) is 0 Å². The molecule has 0 aliphatic carbocycles. The number of nitrogens with one attached hydrogen (secondary N) is 1. The lowest BCUT2D eigenvalue weighted by molar-refractivity contribution is -0.175. The van der Waals surface area contributed by atoms with Gasteiger partial charge < -0.3 is 0 Å². The summed E-state index contributed by atoms with van der Waals surface area (Å²) in [6, 6.07) is 0.829. The molecule has 0 saturated carbocycles. The fourth-order valence-electron chi connectivity index (χ4n) is 5.86. The molecule has 28 heavy (non-hydrogen) atoms. The van der Waals surface area contributed by atoms with Gasteiger partial charge in [-0.2, -0.15) is 5.53 Å². The van der Waals surface area contributed by atoms with Gasteiger partial charge in [0, 0.05) is 25.7 Å². The van der Waals surface area contributed by atoms with Gasteiger partial charge >= 0.3 is 0 Å². The second-order valence-electron chi connectivity index (χ2n) is 9.90. The molecule has 0 aromatic heterocycles. The number of unbranched alkanes of at least 4 members (excludes halogenated alkanes) is 14. The molecule has 3 nitrogen and oxygen atoms in total. The highest BCUT2D eigenvalue weighted by molar-refractivity contribution is 4.95. The van der Waals surface area contributed by atoms with Crippen LogP contribution in [0.25, 0.3) is 0 Å². The molecule has 0 radical (unpaired) electrons. The van der Waals surface area contributed by atoms with Gasteiger partial charge in [-0.05, 0) is 37.5 Å². The van der Waals surface area contributed by atoms with Gasteiger partial charge in [0.2, 0.25) is 0 Å². The highest BCUT2D eigenvalue weighted by Gasteiger charge is 2.45. The zero-order chi connectivity index (χ0) is 19.4. The topological polar surface area (TPSA) is 18.5 Å². The van der Waals surface area contributed by atoms with Gasteiger partial charge in [-0.3, -0.25) is 0 Å². The molecule has 4 bridgehead atoms. The van der Waals surface area contributed by atoms with Crippen molar-refractivity contribution in [2.24, 2.45) is 11.8 Å². The summed E-state index contributed by atoms with van der Waals surface area (Å²) in [7, 11) is 0. The Morgan fingerprint density at radius 3 is 1.82 bits per heavy atom. The molecule has 0 aromatic rings. The first-order valence-corrected chi connectivity index (χ1v) is 12.8. The van der Waals surface area contributed by atoms with Crippen LogP contribution in [-0.4, -0.2) is 35.7 Å². The minimum Gasteiger partial charge on any atom is -0.230 e. The Balaban J connectivity index is 1.05. The molecule has 4 rings (SSSR count). The Hall–Kier alpha value is -0.380. The van der Waals surface area contributed by atoms with Gasteiger partial charge in [0.25, 0.3) is 0 Å². The van der Waals surface area contributed by atoms with Crippen LogP contribution in [0.3, 0.4) is 0 Å². The zero-order valence-corrected chi connectivity index (χ0v) is 18.6. The predicted molar refractivity (Wildman–Crippen MR) is 121 cm³/mol. The van der Waals surface area contributed by atoms with Crippen LogP contribution >= 0.6 is 0 Å². The molecule has 4 fully saturated rings. The highest BCUT2D eigenvalue weighted by Crippen LogP contribution is 2.37. The van der Waals surface area contributed by atoms with Gasteiger partial charge in [-0.1, -0.05) is 89.5 Å². The van der Waals surface area contributed by atoms with Crippen LogP contribution in [0.15, 0.2) is 12.7 Å². The fourth-order valence-corrected chi connectivity index (χ4v) is 5.86. The third-order valence-corrected chi connectivity index (χ3v) is 7.40. The molecule has 1 N–H and O–H groups in total. The summed E-state index contributed by atoms with van der Waals surface area (Å²) >= 11 is 0. The first-order valence-electron chi connectivity index (χ1n) is 12.8. The number of hydrazine groups is 2. The molecule has 0 amide bonds. The number of allylic oxidation sites excluding steroid dienone is 1. The van der Waals surface area contributed by atoms with Crippen LogP contribution in [0.2, 0.25) is 0 Å². The molecule has 162 valence electrons. The minimum absolute atomic E-state index is 0.829. The van der Waals surface area contributed by atoms with Crippen LogP contribution in [-0.2, 0) is 0 Å². The van der Waals surface area contributed by atoms with E-state index in [1.54, 1.807) is 0 Å². The van der Waals surface area contributed by atoms with Crippen LogP contribution in [0.1, 0.15) is 109 Å². The van der Waals surface area contributed by atoms with E-state index in [-0.39, 0.29) is 0 Å². The molecule has 0 aromatic carbocycles. The van der Waals surface area contributed by atoms with E-state index in [0.29, 0.717) is 0 Å². The smallest absolute Gasteiger partial charge is 0.0298 e. The molecule has 0 spiro atoms. The van der Waals surface area contributed by atoms with E-state index in [0.717, 1.165) is 17.9 Å². The summed E-state index contributed by atoms with van der Waals surface area (Å²) in [5.41, 5.74) is 3.63. The van der Waals surface area contributed by atoms with E-state index in [9.17, 15) is 0 Å². The summed E-state index contributed by atoms with van der Waals surface area (Å²) in [6.07, 6.45) is 26.4. The highest BCUT2D eigenvalue weighted by atomic mass is 15.8. The SMILES string of the molecule is C=CCCCCCCCCCCCCCCCCC1C2CC3CN(C2)NN1C3. The maximum atomic E-state index is 3.79. The quantitative estimate of drug-likeness (QED) is 0.227. The Morgan fingerprint density at radius 2 is 1.29 bits per heavy atom. The normalized spacial score (nSPS) is 30.8. The van der Waals surface area contributed by atoms with E-state index in [4.69, 9.17) is 0 Å². The summed E-state index contributed by atoms with van der Waals surface area (Å²) < 4.78 is 0. The first-order chi connectivity index (χ1) is 13.9. The van der Waals surface area contributed by atoms with Crippen molar-refractivity contribution in [2.45, 2.75) is 115 Å². The van der Waals surface area contributed by atoms with Crippen molar-refractivity contribution in [2.75, 3.05) is 19.6 Å². The van der Waals surface area contributed by atoms with E-state index < -0.39 is 0 Å². The molecular weight excluding hydrogens is 342 g/mol. The molecular formula is C25H47N3. The van der Waals surface area contributed by atoms with E-state index in [1.165, 1.54) is 129 Å². The van der Waals surface area contributed by atoms with Gasteiger partial charge in [-0.25, -0.2) is 10.0 Å². The molecule has 5 unspecified atom stereocenters. The Labute approximate surface area is 175 Å². The maximum absolute atomic E-state index is 3.79. The van der Waals surface area contributed by atoms with Gasteiger partial charge in [0.1, 0.15) is 0 Å². The monoisotopic (exact) mass is 389 g/mol. The van der Waals surface area contributed by atoms with Crippen LogP contribution < -0.4 is 5.53 Å². The van der Waals surface area contributed by atoms with Crippen molar-refractivity contribution in [1.29, 1.82) is 0 Å². The van der Waals surface area contributed by atoms with Crippen LogP contribution in [0.4, 0.5) is 0 Å². The van der Waals surface area contributed by atoms with Crippen molar-refractivity contribution >= 4 is 0 Å². The molecule has 4 heterocycles. The van der Waals surface area contributed by atoms with Gasteiger partial charge in [-0.15, -0.1) is 6.58 Å². The second kappa shape index (κ2) is 13.0. The lowest BCUT2D eigenvalue weighted by Gasteiger charge is -2.57. The molecule has 3 heteroatoms. The van der Waals surface area contributed by atoms with Gasteiger partial charge in [0.05, 0.1) is 0 Å². The number of hydrogen-bond donors (Lipinski definition) is 1. The lowest BCUT2D eigenvalue weighted by atomic mass is 9.78. The average molecular weight is 390 g/mol. The number of nitrogens with zero attached hydrogens (tertiary/aromatic N) is 2. The average Bonchev–Trinajstić information content (AvgIpc) is 2.69. The largest absolute Gasteiger partial charge is 0.230 e. The second-order valence-corrected chi connectivity index (χ2v) is 9.90. The molecule has 4 saturated heterocycles. The standard InChI is InChI=1S/C25H47N3/c1-2-3-4-5-6-7-8-9-10-11-12-13-14-15-16-17-18-25-24-19-23-20-27(22-24)26-28(25)21-23/h2,23-26H,1,3-22H2. The fraction of sp³-hybridized carbons (Fsp3) is 0.920. The first kappa shape index (κ1) is 22.3. The van der Waals surface area contributed by atoms with Crippen molar-refractivity contribution < 1.29 is 0 Å². The minimum atomic E-state index is 0.829. The van der Waals surface area contributed by atoms with Gasteiger partial charge in [0.15, 0.2) is 0 Å². The van der Waals surface area contributed by atoms with Crippen LogP contribution in [0.5, 0.6) is 0 Å². The number of hydrogen-bond acceptors (Lipinski definition) is 3. The Morgan fingerprint density at radius 1 is 0.714 bits per heavy atom. The zero-order valence-electron chi connectivity index (χ0n) is 18.6. The maximum Gasteiger partial charge on any atom is 0.0298 e. The van der Waals surface area contributed by atoms with Crippen molar-refractivity contribution in [3.8, 4) is 0 Å². The molecule has 4 aliphatic heterocycles. The lowest BCUT2D eigenvalue weighted by Crippen LogP contribution is -2.72. The van der Waals surface area contributed by atoms with Crippen molar-refractivity contribution in [3.63, 3.8) is 0 Å². The molecule has 5 atom stereocenters. The summed E-state index contributed by atoms with van der Waals surface area (Å²) in [6.45, 7) is 7.68. The third kappa shape index (κ3) is 7.46. The van der Waals surface area contributed by atoms with Crippen molar-refractivity contribution in [1.82, 2.24) is 15.6 Å². The molecule has 4 aliphatic rings. The number of rotatable bonds is 17. The van der Waals surface area contributed by atoms with Crippen molar-refractivity contribution in [3.05, 3.63) is 12.7 Å². The van der Waals surface area contributed by atoms with E-state index in [2.05, 4.69) is 28.2 Å².